The van der Waals surface area contributed by atoms with Crippen LogP contribution < -0.4 is 16.5 Å². The Morgan fingerprint density at radius 3 is 3.00 bits per heavy atom. The summed E-state index contributed by atoms with van der Waals surface area (Å²) in [5.74, 6) is -0.623. The number of pyridine rings is 1. The molecule has 2 heterocycles. The number of rotatable bonds is 4. The number of anilines is 1. The number of carbonyl (C=O) groups is 1. The van der Waals surface area contributed by atoms with Crippen molar-refractivity contribution in [1.82, 2.24) is 4.98 Å². The molecule has 1 aliphatic heterocycles. The fourth-order valence-electron chi connectivity index (χ4n) is 3.46. The van der Waals surface area contributed by atoms with E-state index in [9.17, 15) is 9.82 Å². The fourth-order valence-corrected chi connectivity index (χ4v) is 3.46. The van der Waals surface area contributed by atoms with E-state index >= 15 is 0 Å². The molecule has 1 atom stereocenters. The van der Waals surface area contributed by atoms with Crippen molar-refractivity contribution in [2.45, 2.75) is 12.3 Å². The quantitative estimate of drug-likeness (QED) is 0.607. The Morgan fingerprint density at radius 1 is 1.26 bits per heavy atom. The van der Waals surface area contributed by atoms with Gasteiger partial charge in [-0.05, 0) is 46.6 Å². The second-order valence-corrected chi connectivity index (χ2v) is 6.65. The summed E-state index contributed by atoms with van der Waals surface area (Å²) < 4.78 is 5.24. The molecule has 136 valence electrons. The summed E-state index contributed by atoms with van der Waals surface area (Å²) in [6, 6.07) is 13.2. The molecular formula is C20H20BN3O3. The first kappa shape index (κ1) is 17.7. The molecule has 0 saturated heterocycles. The average molecular weight is 361 g/mol. The van der Waals surface area contributed by atoms with Gasteiger partial charge >= 0.3 is 7.12 Å². The number of nitrogens with one attached hydrogen (secondary N) is 1. The van der Waals surface area contributed by atoms with Crippen LogP contribution in [0, 0.1) is 0 Å². The van der Waals surface area contributed by atoms with Crippen LogP contribution in [0.5, 0.6) is 0 Å². The molecule has 27 heavy (non-hydrogen) atoms. The molecule has 0 spiro atoms. The summed E-state index contributed by atoms with van der Waals surface area (Å²) in [5, 5.41) is 14.9. The van der Waals surface area contributed by atoms with Crippen molar-refractivity contribution in [2.24, 2.45) is 5.73 Å². The van der Waals surface area contributed by atoms with Gasteiger partial charge in [0, 0.05) is 36.6 Å². The molecule has 1 aromatic heterocycles. The minimum atomic E-state index is -0.903. The third kappa shape index (κ3) is 3.57. The number of hydrogen-bond donors (Lipinski definition) is 3. The largest absolute Gasteiger partial charge is 0.491 e. The van der Waals surface area contributed by atoms with Gasteiger partial charge in [-0.15, -0.1) is 0 Å². The van der Waals surface area contributed by atoms with Gasteiger partial charge in [-0.25, -0.2) is 0 Å². The van der Waals surface area contributed by atoms with E-state index in [0.717, 1.165) is 33.0 Å². The van der Waals surface area contributed by atoms with Crippen molar-refractivity contribution in [3.8, 4) is 0 Å². The van der Waals surface area contributed by atoms with Crippen LogP contribution in [0.3, 0.4) is 0 Å². The Bertz CT molecular complexity index is 995. The van der Waals surface area contributed by atoms with E-state index in [4.69, 9.17) is 10.4 Å². The zero-order chi connectivity index (χ0) is 18.8. The predicted molar refractivity (Wildman–Crippen MR) is 106 cm³/mol. The van der Waals surface area contributed by atoms with Crippen LogP contribution in [-0.2, 0) is 15.9 Å². The molecule has 1 amide bonds. The molecule has 0 bridgehead atoms. The van der Waals surface area contributed by atoms with Crippen LogP contribution in [-0.4, -0.2) is 36.2 Å². The summed E-state index contributed by atoms with van der Waals surface area (Å²) in [5.41, 5.74) is 9.22. The Kier molecular flexibility index (Phi) is 4.89. The number of fused-ring (bicyclic) bond motifs is 2. The highest BCUT2D eigenvalue weighted by atomic mass is 16.5. The van der Waals surface area contributed by atoms with Crippen molar-refractivity contribution < 1.29 is 14.5 Å². The third-order valence-electron chi connectivity index (χ3n) is 4.94. The molecule has 7 heteroatoms. The maximum atomic E-state index is 12.8. The highest BCUT2D eigenvalue weighted by Crippen LogP contribution is 2.22. The summed E-state index contributed by atoms with van der Waals surface area (Å²) in [4.78, 5) is 16.9. The van der Waals surface area contributed by atoms with Crippen molar-refractivity contribution in [3.63, 3.8) is 0 Å². The predicted octanol–water partition coefficient (Wildman–Crippen LogP) is 1.18. The zero-order valence-corrected chi connectivity index (χ0v) is 14.8. The van der Waals surface area contributed by atoms with E-state index in [1.54, 1.807) is 12.4 Å². The number of nitrogens with two attached hydrogens (primary N) is 1. The van der Waals surface area contributed by atoms with E-state index in [1.165, 1.54) is 0 Å². The highest BCUT2D eigenvalue weighted by molar-refractivity contribution is 6.60. The molecular weight excluding hydrogens is 341 g/mol. The Balaban J connectivity index is 1.57. The summed E-state index contributed by atoms with van der Waals surface area (Å²) in [7, 11) is -0.903. The molecule has 3 aromatic rings. The molecule has 4 rings (SSSR count). The average Bonchev–Trinajstić information content (AvgIpc) is 2.68. The third-order valence-corrected chi connectivity index (χ3v) is 4.94. The lowest BCUT2D eigenvalue weighted by Crippen LogP contribution is -2.41. The maximum Gasteiger partial charge on any atom is 0.491 e. The standard InChI is InChI=1S/C20H20BN3O3/c22-11-18(14-2-4-19-15(9-14)6-8-27-21(19)26)20(25)24-17-3-1-16-12-23-7-5-13(16)10-17/h1-5,7,9-10,12,18,26H,6,8,11,22H2,(H,24,25). The Labute approximate surface area is 157 Å². The SMILES string of the molecule is NCC(C(=O)Nc1ccc2cnccc2c1)c1ccc2c(c1)CCOB2O. The van der Waals surface area contributed by atoms with Gasteiger partial charge in [0.2, 0.25) is 5.91 Å². The highest BCUT2D eigenvalue weighted by Gasteiger charge is 2.27. The first-order chi connectivity index (χ1) is 13.2. The fraction of sp³-hybridized carbons (Fsp3) is 0.200. The van der Waals surface area contributed by atoms with Gasteiger partial charge in [0.15, 0.2) is 0 Å². The molecule has 1 unspecified atom stereocenters. The van der Waals surface area contributed by atoms with Crippen molar-refractivity contribution in [2.75, 3.05) is 18.5 Å². The molecule has 1 aliphatic rings. The molecule has 6 nitrogen and oxygen atoms in total. The summed E-state index contributed by atoms with van der Waals surface area (Å²) >= 11 is 0. The number of hydrogen-bond acceptors (Lipinski definition) is 5. The molecule has 0 radical (unpaired) electrons. The molecule has 2 aromatic carbocycles. The van der Waals surface area contributed by atoms with Crippen LogP contribution in [0.15, 0.2) is 54.9 Å². The van der Waals surface area contributed by atoms with Crippen LogP contribution in [0.4, 0.5) is 5.69 Å². The van der Waals surface area contributed by atoms with Gasteiger partial charge in [-0.3, -0.25) is 9.78 Å². The van der Waals surface area contributed by atoms with Gasteiger partial charge in [-0.1, -0.05) is 24.3 Å². The van der Waals surface area contributed by atoms with Crippen molar-refractivity contribution in [3.05, 3.63) is 66.0 Å². The lowest BCUT2D eigenvalue weighted by atomic mass is 9.72. The van der Waals surface area contributed by atoms with E-state index < -0.39 is 13.0 Å². The lowest BCUT2D eigenvalue weighted by molar-refractivity contribution is -0.117. The first-order valence-electron chi connectivity index (χ1n) is 8.93. The van der Waals surface area contributed by atoms with Crippen molar-refractivity contribution >= 4 is 34.9 Å². The van der Waals surface area contributed by atoms with Gasteiger partial charge in [-0.2, -0.15) is 0 Å². The molecule has 0 fully saturated rings. The number of benzene rings is 2. The second-order valence-electron chi connectivity index (χ2n) is 6.65. The lowest BCUT2D eigenvalue weighted by Gasteiger charge is -2.22. The molecule has 0 aliphatic carbocycles. The summed E-state index contributed by atoms with van der Waals surface area (Å²) in [6.07, 6.45) is 4.22. The van der Waals surface area contributed by atoms with E-state index in [1.807, 2.05) is 42.5 Å². The smallest absolute Gasteiger partial charge is 0.423 e. The minimum absolute atomic E-state index is 0.154. The van der Waals surface area contributed by atoms with E-state index in [-0.39, 0.29) is 12.5 Å². The molecule has 0 saturated carbocycles. The second kappa shape index (κ2) is 7.48. The maximum absolute atomic E-state index is 12.8. The van der Waals surface area contributed by atoms with Gasteiger partial charge in [0.25, 0.3) is 0 Å². The topological polar surface area (TPSA) is 97.5 Å². The molecule has 4 N–H and O–H groups in total. The van der Waals surface area contributed by atoms with Crippen LogP contribution >= 0.6 is 0 Å². The first-order valence-corrected chi connectivity index (χ1v) is 8.93. The van der Waals surface area contributed by atoms with Crippen LogP contribution in [0.2, 0.25) is 0 Å². The number of aromatic nitrogens is 1. The van der Waals surface area contributed by atoms with Crippen LogP contribution in [0.25, 0.3) is 10.8 Å². The Hall–Kier alpha value is -2.74. The van der Waals surface area contributed by atoms with Gasteiger partial charge < -0.3 is 20.7 Å². The zero-order valence-electron chi connectivity index (χ0n) is 14.8. The van der Waals surface area contributed by atoms with Crippen LogP contribution in [0.1, 0.15) is 17.0 Å². The van der Waals surface area contributed by atoms with Crippen molar-refractivity contribution in [1.29, 1.82) is 0 Å². The van der Waals surface area contributed by atoms with Gasteiger partial charge in [0.05, 0.1) is 5.92 Å². The number of carbonyl (C=O) groups excluding carboxylic acids is 1. The summed E-state index contributed by atoms with van der Waals surface area (Å²) in [6.45, 7) is 0.657. The number of nitrogens with zero attached hydrogens (tertiary/aromatic N) is 1. The monoisotopic (exact) mass is 361 g/mol. The minimum Gasteiger partial charge on any atom is -0.423 e. The van der Waals surface area contributed by atoms with Gasteiger partial charge in [0.1, 0.15) is 0 Å². The number of amides is 1. The Morgan fingerprint density at radius 2 is 2.15 bits per heavy atom. The normalized spacial score (nSPS) is 14.7. The van der Waals surface area contributed by atoms with E-state index in [2.05, 4.69) is 10.3 Å². The van der Waals surface area contributed by atoms with E-state index in [0.29, 0.717) is 13.0 Å².